The average molecular weight is 318 g/mol. The van der Waals surface area contributed by atoms with Gasteiger partial charge in [0.1, 0.15) is 5.82 Å². The lowest BCUT2D eigenvalue weighted by Crippen LogP contribution is -2.51. The smallest absolute Gasteiger partial charge is 0.251 e. The average Bonchev–Trinajstić information content (AvgIpc) is 2.91. The molecule has 3 atom stereocenters. The number of aromatic nitrogens is 2. The standard InChI is InChI=1S/C16H19FN4O2/c17-10-5-19-12-1-2-14(23)21-7-9(15(10)16(12)21)6-20-4-3-11(18)13(22)8-20/h1-2,5,9,11,13,22H,3-4,6-8,18H2/t9?,11-,13+/m1/s1. The number of halogens is 1. The first-order valence-corrected chi connectivity index (χ1v) is 7.88. The summed E-state index contributed by atoms with van der Waals surface area (Å²) in [5.41, 5.74) is 7.52. The van der Waals surface area contributed by atoms with Gasteiger partial charge in [0, 0.05) is 43.2 Å². The van der Waals surface area contributed by atoms with E-state index in [0.717, 1.165) is 13.0 Å². The molecule has 0 aromatic carbocycles. The van der Waals surface area contributed by atoms with Crippen LogP contribution in [-0.2, 0) is 6.54 Å². The maximum absolute atomic E-state index is 14.4. The van der Waals surface area contributed by atoms with Gasteiger partial charge in [-0.25, -0.2) is 4.39 Å². The highest BCUT2D eigenvalue weighted by Crippen LogP contribution is 2.34. The van der Waals surface area contributed by atoms with Gasteiger partial charge in [-0.1, -0.05) is 0 Å². The zero-order chi connectivity index (χ0) is 16.1. The van der Waals surface area contributed by atoms with E-state index in [1.165, 1.54) is 12.3 Å². The van der Waals surface area contributed by atoms with Crippen molar-refractivity contribution in [3.8, 4) is 0 Å². The van der Waals surface area contributed by atoms with E-state index in [0.29, 0.717) is 36.2 Å². The third kappa shape index (κ3) is 2.36. The summed E-state index contributed by atoms with van der Waals surface area (Å²) in [6, 6.07) is 2.92. The SMILES string of the molecule is N[C@@H]1CCN(CC2Cn3c(=O)ccc4ncc(F)c2c43)C[C@@H]1O. The number of β-amino-alcohol motifs (C(OH)–C–C–N with tert-alkyl or cyclic N) is 1. The predicted octanol–water partition coefficient (Wildman–Crippen LogP) is 0.0267. The van der Waals surface area contributed by atoms with E-state index in [2.05, 4.69) is 9.88 Å². The lowest BCUT2D eigenvalue weighted by Gasteiger charge is -2.35. The second kappa shape index (κ2) is 5.36. The number of likely N-dealkylation sites (tertiary alicyclic amines) is 1. The lowest BCUT2D eigenvalue weighted by molar-refractivity contribution is 0.0501. The van der Waals surface area contributed by atoms with Crippen molar-refractivity contribution in [2.45, 2.75) is 31.0 Å². The minimum atomic E-state index is -0.558. The van der Waals surface area contributed by atoms with E-state index in [1.807, 2.05) is 0 Å². The Bertz CT molecular complexity index is 822. The Balaban J connectivity index is 1.68. The second-order valence-electron chi connectivity index (χ2n) is 6.51. The van der Waals surface area contributed by atoms with E-state index in [1.54, 1.807) is 10.6 Å². The molecule has 122 valence electrons. The predicted molar refractivity (Wildman–Crippen MR) is 83.7 cm³/mol. The third-order valence-electron chi connectivity index (χ3n) is 5.00. The number of pyridine rings is 2. The van der Waals surface area contributed by atoms with Crippen molar-refractivity contribution in [3.63, 3.8) is 0 Å². The molecule has 4 rings (SSSR count). The number of aliphatic hydroxyl groups is 1. The summed E-state index contributed by atoms with van der Waals surface area (Å²) in [5, 5.41) is 9.94. The molecule has 2 aromatic rings. The highest BCUT2D eigenvalue weighted by Gasteiger charge is 2.33. The third-order valence-corrected chi connectivity index (χ3v) is 5.00. The number of nitrogens with zero attached hydrogens (tertiary/aromatic N) is 3. The van der Waals surface area contributed by atoms with Crippen molar-refractivity contribution < 1.29 is 9.50 Å². The number of nitrogens with two attached hydrogens (primary N) is 1. The lowest BCUT2D eigenvalue weighted by atomic mass is 9.97. The molecule has 3 N–H and O–H groups in total. The Kier molecular flexibility index (Phi) is 3.44. The Labute approximate surface area is 132 Å². The number of hydrogen-bond acceptors (Lipinski definition) is 5. The number of hydrogen-bond donors (Lipinski definition) is 2. The fraction of sp³-hybridized carbons (Fsp3) is 0.500. The quantitative estimate of drug-likeness (QED) is 0.816. The minimum Gasteiger partial charge on any atom is -0.390 e. The molecule has 0 aliphatic carbocycles. The molecule has 0 radical (unpaired) electrons. The van der Waals surface area contributed by atoms with Crippen LogP contribution in [0.2, 0.25) is 0 Å². The largest absolute Gasteiger partial charge is 0.390 e. The molecule has 2 aromatic heterocycles. The fourth-order valence-corrected chi connectivity index (χ4v) is 3.79. The fourth-order valence-electron chi connectivity index (χ4n) is 3.79. The normalized spacial score (nSPS) is 27.7. The summed E-state index contributed by atoms with van der Waals surface area (Å²) in [6.45, 7) is 2.31. The number of piperidine rings is 1. The minimum absolute atomic E-state index is 0.114. The van der Waals surface area contributed by atoms with Crippen molar-refractivity contribution in [1.82, 2.24) is 14.5 Å². The van der Waals surface area contributed by atoms with Crippen LogP contribution in [0.5, 0.6) is 0 Å². The van der Waals surface area contributed by atoms with E-state index < -0.39 is 6.10 Å². The van der Waals surface area contributed by atoms with Gasteiger partial charge < -0.3 is 15.4 Å². The van der Waals surface area contributed by atoms with Crippen LogP contribution >= 0.6 is 0 Å². The molecule has 23 heavy (non-hydrogen) atoms. The Morgan fingerprint density at radius 3 is 3.00 bits per heavy atom. The molecule has 4 heterocycles. The molecule has 7 heteroatoms. The van der Waals surface area contributed by atoms with Crippen molar-refractivity contribution in [3.05, 3.63) is 40.1 Å². The van der Waals surface area contributed by atoms with Gasteiger partial charge >= 0.3 is 0 Å². The van der Waals surface area contributed by atoms with Gasteiger partial charge in [-0.3, -0.25) is 14.7 Å². The van der Waals surface area contributed by atoms with Gasteiger partial charge in [0.2, 0.25) is 0 Å². The van der Waals surface area contributed by atoms with Crippen LogP contribution in [0.1, 0.15) is 17.9 Å². The summed E-state index contributed by atoms with van der Waals surface area (Å²) < 4.78 is 16.0. The van der Waals surface area contributed by atoms with Crippen LogP contribution in [0.3, 0.4) is 0 Å². The zero-order valence-corrected chi connectivity index (χ0v) is 12.7. The van der Waals surface area contributed by atoms with Crippen molar-refractivity contribution >= 4 is 11.0 Å². The van der Waals surface area contributed by atoms with Crippen LogP contribution in [0.15, 0.2) is 23.1 Å². The second-order valence-corrected chi connectivity index (χ2v) is 6.51. The van der Waals surface area contributed by atoms with Gasteiger partial charge in [-0.15, -0.1) is 0 Å². The van der Waals surface area contributed by atoms with Crippen LogP contribution in [0, 0.1) is 5.82 Å². The highest BCUT2D eigenvalue weighted by molar-refractivity contribution is 5.80. The highest BCUT2D eigenvalue weighted by atomic mass is 19.1. The number of aliphatic hydroxyl groups excluding tert-OH is 1. The molecule has 1 unspecified atom stereocenters. The Morgan fingerprint density at radius 2 is 2.22 bits per heavy atom. The molecule has 0 amide bonds. The maximum Gasteiger partial charge on any atom is 0.251 e. The molecular formula is C16H19FN4O2. The summed E-state index contributed by atoms with van der Waals surface area (Å²) in [6.07, 6.45) is 1.39. The van der Waals surface area contributed by atoms with Gasteiger partial charge in [-0.2, -0.15) is 0 Å². The van der Waals surface area contributed by atoms with E-state index in [-0.39, 0.29) is 23.3 Å². The Hall–Kier alpha value is -1.83. The van der Waals surface area contributed by atoms with Gasteiger partial charge in [0.05, 0.1) is 23.3 Å². The topological polar surface area (TPSA) is 84.4 Å². The molecule has 1 saturated heterocycles. The summed E-state index contributed by atoms with van der Waals surface area (Å²) in [7, 11) is 0. The van der Waals surface area contributed by atoms with Crippen molar-refractivity contribution in [1.29, 1.82) is 0 Å². The molecule has 6 nitrogen and oxygen atoms in total. The van der Waals surface area contributed by atoms with Crippen LogP contribution in [-0.4, -0.2) is 51.3 Å². The van der Waals surface area contributed by atoms with E-state index in [4.69, 9.17) is 5.73 Å². The van der Waals surface area contributed by atoms with Gasteiger partial charge in [-0.05, 0) is 19.0 Å². The first kappa shape index (κ1) is 14.7. The summed E-state index contributed by atoms with van der Waals surface area (Å²) in [5.74, 6) is -0.481. The van der Waals surface area contributed by atoms with Gasteiger partial charge in [0.15, 0.2) is 0 Å². The molecule has 0 saturated carbocycles. The van der Waals surface area contributed by atoms with Gasteiger partial charge in [0.25, 0.3) is 5.56 Å². The molecule has 2 aliphatic heterocycles. The first-order chi connectivity index (χ1) is 11.0. The molecule has 0 bridgehead atoms. The van der Waals surface area contributed by atoms with Crippen LogP contribution in [0.4, 0.5) is 4.39 Å². The molecule has 2 aliphatic rings. The van der Waals surface area contributed by atoms with Crippen molar-refractivity contribution in [2.24, 2.45) is 5.73 Å². The zero-order valence-electron chi connectivity index (χ0n) is 12.7. The summed E-state index contributed by atoms with van der Waals surface area (Å²) >= 11 is 0. The summed E-state index contributed by atoms with van der Waals surface area (Å²) in [4.78, 5) is 18.3. The van der Waals surface area contributed by atoms with Crippen LogP contribution in [0.25, 0.3) is 11.0 Å². The van der Waals surface area contributed by atoms with E-state index >= 15 is 0 Å². The first-order valence-electron chi connectivity index (χ1n) is 7.88. The monoisotopic (exact) mass is 318 g/mol. The van der Waals surface area contributed by atoms with Crippen LogP contribution < -0.4 is 11.3 Å². The van der Waals surface area contributed by atoms with E-state index in [9.17, 15) is 14.3 Å². The Morgan fingerprint density at radius 1 is 1.39 bits per heavy atom. The molecular weight excluding hydrogens is 299 g/mol. The maximum atomic E-state index is 14.4. The van der Waals surface area contributed by atoms with Crippen molar-refractivity contribution in [2.75, 3.05) is 19.6 Å². The molecule has 0 spiro atoms. The molecule has 1 fully saturated rings. The number of rotatable bonds is 2.